The molecule has 0 aliphatic heterocycles. The van der Waals surface area contributed by atoms with Gasteiger partial charge in [0, 0.05) is 19.1 Å². The Morgan fingerprint density at radius 3 is 2.58 bits per heavy atom. The second-order valence-corrected chi connectivity index (χ2v) is 6.33. The van der Waals surface area contributed by atoms with Crippen LogP contribution in [0.25, 0.3) is 0 Å². The molecule has 0 saturated heterocycles. The lowest BCUT2D eigenvalue weighted by atomic mass is 9.82. The Hall–Kier alpha value is -0.390. The Kier molecular flexibility index (Phi) is 5.03. The highest BCUT2D eigenvalue weighted by Crippen LogP contribution is 2.29. The maximum atomic E-state index is 9.71. The van der Waals surface area contributed by atoms with Crippen molar-refractivity contribution in [3.63, 3.8) is 0 Å². The molecule has 0 unspecified atom stereocenters. The molecule has 0 spiro atoms. The molecule has 0 aromatic carbocycles. The zero-order valence-electron chi connectivity index (χ0n) is 11.9. The number of rotatable bonds is 5. The molecule has 108 valence electrons. The molecule has 0 atom stereocenters. The maximum absolute atomic E-state index is 9.71. The number of nitrogens with zero attached hydrogens (tertiary/aromatic N) is 2. The van der Waals surface area contributed by atoms with Crippen LogP contribution in [0, 0.1) is 0 Å². The Balaban J connectivity index is 2.07. The SMILES string of the molecule is CCc1nn(C)c(CNC2(CO)CCCCC2)c1Br. The minimum atomic E-state index is -0.0890. The molecule has 1 saturated carbocycles. The third-order valence-electron chi connectivity index (χ3n) is 4.25. The third-order valence-corrected chi connectivity index (χ3v) is 5.16. The molecule has 0 bridgehead atoms. The van der Waals surface area contributed by atoms with E-state index in [1.165, 1.54) is 19.3 Å². The largest absolute Gasteiger partial charge is 0.394 e. The average Bonchev–Trinajstić information content (AvgIpc) is 2.72. The maximum Gasteiger partial charge on any atom is 0.0767 e. The zero-order chi connectivity index (χ0) is 13.9. The summed E-state index contributed by atoms with van der Waals surface area (Å²) in [7, 11) is 1.98. The van der Waals surface area contributed by atoms with E-state index < -0.39 is 0 Å². The molecule has 2 rings (SSSR count). The van der Waals surface area contributed by atoms with Gasteiger partial charge in [-0.1, -0.05) is 26.2 Å². The van der Waals surface area contributed by atoms with Gasteiger partial charge < -0.3 is 10.4 Å². The third kappa shape index (κ3) is 3.20. The van der Waals surface area contributed by atoms with Crippen molar-refractivity contribution in [2.75, 3.05) is 6.61 Å². The number of aromatic nitrogens is 2. The number of aliphatic hydroxyl groups is 1. The van der Waals surface area contributed by atoms with E-state index in [9.17, 15) is 5.11 Å². The van der Waals surface area contributed by atoms with Crippen molar-refractivity contribution in [1.82, 2.24) is 15.1 Å². The highest BCUT2D eigenvalue weighted by atomic mass is 79.9. The monoisotopic (exact) mass is 329 g/mol. The number of nitrogens with one attached hydrogen (secondary N) is 1. The van der Waals surface area contributed by atoms with Gasteiger partial charge in [-0.05, 0) is 35.2 Å². The second kappa shape index (κ2) is 6.37. The van der Waals surface area contributed by atoms with Crippen LogP contribution >= 0.6 is 15.9 Å². The fraction of sp³-hybridized carbons (Fsp3) is 0.786. The molecule has 5 heteroatoms. The number of aliphatic hydroxyl groups excluding tert-OH is 1. The Morgan fingerprint density at radius 1 is 1.37 bits per heavy atom. The topological polar surface area (TPSA) is 50.1 Å². The summed E-state index contributed by atoms with van der Waals surface area (Å²) in [5.74, 6) is 0. The quantitative estimate of drug-likeness (QED) is 0.872. The van der Waals surface area contributed by atoms with E-state index in [0.29, 0.717) is 0 Å². The van der Waals surface area contributed by atoms with Gasteiger partial charge in [-0.2, -0.15) is 5.10 Å². The van der Waals surface area contributed by atoms with Crippen LogP contribution in [0.15, 0.2) is 4.47 Å². The van der Waals surface area contributed by atoms with E-state index in [0.717, 1.165) is 41.7 Å². The van der Waals surface area contributed by atoms with Crippen LogP contribution in [-0.2, 0) is 20.0 Å². The normalized spacial score (nSPS) is 18.7. The lowest BCUT2D eigenvalue weighted by molar-refractivity contribution is 0.119. The summed E-state index contributed by atoms with van der Waals surface area (Å²) in [5.41, 5.74) is 2.17. The summed E-state index contributed by atoms with van der Waals surface area (Å²) in [6.45, 7) is 3.09. The molecule has 4 nitrogen and oxygen atoms in total. The summed E-state index contributed by atoms with van der Waals surface area (Å²) >= 11 is 3.64. The van der Waals surface area contributed by atoms with E-state index >= 15 is 0 Å². The van der Waals surface area contributed by atoms with Crippen LogP contribution in [-0.4, -0.2) is 27.0 Å². The lowest BCUT2D eigenvalue weighted by Gasteiger charge is -2.36. The van der Waals surface area contributed by atoms with Crippen molar-refractivity contribution >= 4 is 15.9 Å². The summed E-state index contributed by atoms with van der Waals surface area (Å²) in [6, 6.07) is 0. The Morgan fingerprint density at radius 2 is 2.05 bits per heavy atom. The van der Waals surface area contributed by atoms with Crippen molar-refractivity contribution in [3.05, 3.63) is 15.9 Å². The van der Waals surface area contributed by atoms with Gasteiger partial charge in [-0.3, -0.25) is 4.68 Å². The lowest BCUT2D eigenvalue weighted by Crippen LogP contribution is -2.49. The van der Waals surface area contributed by atoms with E-state index in [1.54, 1.807) is 0 Å². The van der Waals surface area contributed by atoms with Crippen LogP contribution in [0.4, 0.5) is 0 Å². The molecular formula is C14H24BrN3O. The first kappa shape index (κ1) is 15.0. The van der Waals surface area contributed by atoms with Crippen LogP contribution in [0.1, 0.15) is 50.4 Å². The fourth-order valence-corrected chi connectivity index (χ4v) is 3.66. The van der Waals surface area contributed by atoms with Gasteiger partial charge in [-0.15, -0.1) is 0 Å². The average molecular weight is 330 g/mol. The summed E-state index contributed by atoms with van der Waals surface area (Å²) in [5, 5.41) is 17.8. The second-order valence-electron chi connectivity index (χ2n) is 5.54. The van der Waals surface area contributed by atoms with Crippen molar-refractivity contribution in [1.29, 1.82) is 0 Å². The summed E-state index contributed by atoms with van der Waals surface area (Å²) in [4.78, 5) is 0. The first-order valence-corrected chi connectivity index (χ1v) is 7.97. The number of hydrogen-bond donors (Lipinski definition) is 2. The molecule has 1 aliphatic carbocycles. The minimum Gasteiger partial charge on any atom is -0.394 e. The van der Waals surface area contributed by atoms with Crippen LogP contribution in [0.5, 0.6) is 0 Å². The van der Waals surface area contributed by atoms with Crippen LogP contribution < -0.4 is 5.32 Å². The molecule has 1 fully saturated rings. The van der Waals surface area contributed by atoms with Crippen molar-refractivity contribution in [2.45, 2.75) is 57.5 Å². The Labute approximate surface area is 123 Å². The molecule has 2 N–H and O–H groups in total. The van der Waals surface area contributed by atoms with E-state index in [1.807, 2.05) is 11.7 Å². The molecule has 19 heavy (non-hydrogen) atoms. The fourth-order valence-electron chi connectivity index (χ4n) is 2.90. The molecule has 1 aromatic heterocycles. The van der Waals surface area contributed by atoms with Gasteiger partial charge in [0.15, 0.2) is 0 Å². The van der Waals surface area contributed by atoms with Crippen molar-refractivity contribution < 1.29 is 5.11 Å². The van der Waals surface area contributed by atoms with Gasteiger partial charge in [0.1, 0.15) is 0 Å². The van der Waals surface area contributed by atoms with E-state index in [-0.39, 0.29) is 12.1 Å². The summed E-state index contributed by atoms with van der Waals surface area (Å²) in [6.07, 6.45) is 6.78. The number of aryl methyl sites for hydroxylation is 2. The Bertz CT molecular complexity index is 425. The predicted octanol–water partition coefficient (Wildman–Crippen LogP) is 2.53. The molecular weight excluding hydrogens is 306 g/mol. The van der Waals surface area contributed by atoms with Gasteiger partial charge >= 0.3 is 0 Å². The van der Waals surface area contributed by atoms with E-state index in [4.69, 9.17) is 0 Å². The van der Waals surface area contributed by atoms with Gasteiger partial charge in [0.25, 0.3) is 0 Å². The van der Waals surface area contributed by atoms with Crippen molar-refractivity contribution in [3.8, 4) is 0 Å². The molecule has 0 amide bonds. The van der Waals surface area contributed by atoms with E-state index in [2.05, 4.69) is 33.3 Å². The van der Waals surface area contributed by atoms with Gasteiger partial charge in [0.2, 0.25) is 0 Å². The van der Waals surface area contributed by atoms with Gasteiger partial charge in [-0.25, -0.2) is 0 Å². The number of halogens is 1. The highest BCUT2D eigenvalue weighted by Gasteiger charge is 2.31. The van der Waals surface area contributed by atoms with Gasteiger partial charge in [0.05, 0.1) is 22.5 Å². The standard InChI is InChI=1S/C14H24BrN3O/c1-3-11-13(15)12(18(2)17-11)9-16-14(10-19)7-5-4-6-8-14/h16,19H,3-10H2,1-2H3. The molecule has 1 aromatic rings. The molecule has 1 aliphatic rings. The number of hydrogen-bond acceptors (Lipinski definition) is 3. The first-order chi connectivity index (χ1) is 9.12. The molecule has 0 radical (unpaired) electrons. The van der Waals surface area contributed by atoms with Crippen LogP contribution in [0.2, 0.25) is 0 Å². The molecule has 1 heterocycles. The predicted molar refractivity (Wildman–Crippen MR) is 80.0 cm³/mol. The minimum absolute atomic E-state index is 0.0890. The smallest absolute Gasteiger partial charge is 0.0767 e. The zero-order valence-corrected chi connectivity index (χ0v) is 13.5. The first-order valence-electron chi connectivity index (χ1n) is 7.18. The summed E-state index contributed by atoms with van der Waals surface area (Å²) < 4.78 is 3.04. The highest BCUT2D eigenvalue weighted by molar-refractivity contribution is 9.10. The van der Waals surface area contributed by atoms with Crippen LogP contribution in [0.3, 0.4) is 0 Å². The van der Waals surface area contributed by atoms with Crippen molar-refractivity contribution in [2.24, 2.45) is 7.05 Å².